The standard InChI is InChI=1S/C14H11NO2/c16-14-13(10-6-2-1-3-7-10)15-11-8-4-5-9-12(11)17-14/h1-9,13,15H/t13-/m0/s1. The van der Waals surface area contributed by atoms with E-state index in [9.17, 15) is 4.79 Å². The normalized spacial score (nSPS) is 17.9. The first kappa shape index (κ1) is 9.90. The highest BCUT2D eigenvalue weighted by atomic mass is 16.5. The highest BCUT2D eigenvalue weighted by Gasteiger charge is 2.28. The van der Waals surface area contributed by atoms with E-state index >= 15 is 0 Å². The van der Waals surface area contributed by atoms with Crippen LogP contribution < -0.4 is 10.1 Å². The van der Waals surface area contributed by atoms with Crippen molar-refractivity contribution in [3.63, 3.8) is 0 Å². The van der Waals surface area contributed by atoms with Gasteiger partial charge in [-0.15, -0.1) is 0 Å². The van der Waals surface area contributed by atoms with Gasteiger partial charge in [-0.25, -0.2) is 4.79 Å². The van der Waals surface area contributed by atoms with Gasteiger partial charge in [0.15, 0.2) is 11.8 Å². The number of carbonyl (C=O) groups is 1. The summed E-state index contributed by atoms with van der Waals surface area (Å²) in [4.78, 5) is 11.9. The molecule has 1 aliphatic rings. The predicted octanol–water partition coefficient (Wildman–Crippen LogP) is 2.76. The van der Waals surface area contributed by atoms with Gasteiger partial charge in [0.25, 0.3) is 0 Å². The molecule has 1 N–H and O–H groups in total. The Morgan fingerprint density at radius 1 is 0.941 bits per heavy atom. The Balaban J connectivity index is 1.98. The van der Waals surface area contributed by atoms with E-state index in [0.717, 1.165) is 11.3 Å². The van der Waals surface area contributed by atoms with E-state index < -0.39 is 6.04 Å². The molecule has 2 aromatic rings. The molecule has 3 nitrogen and oxygen atoms in total. The Bertz CT molecular complexity index is 551. The van der Waals surface area contributed by atoms with Crippen LogP contribution >= 0.6 is 0 Å². The van der Waals surface area contributed by atoms with Crippen LogP contribution in [0.25, 0.3) is 0 Å². The Morgan fingerprint density at radius 3 is 2.47 bits per heavy atom. The van der Waals surface area contributed by atoms with E-state index in [1.54, 1.807) is 6.07 Å². The number of hydrogen-bond donors (Lipinski definition) is 1. The van der Waals surface area contributed by atoms with Crippen molar-refractivity contribution in [2.75, 3.05) is 5.32 Å². The summed E-state index contributed by atoms with van der Waals surface area (Å²) in [6.45, 7) is 0. The number of anilines is 1. The van der Waals surface area contributed by atoms with E-state index in [1.807, 2.05) is 48.5 Å². The van der Waals surface area contributed by atoms with E-state index in [4.69, 9.17) is 4.74 Å². The van der Waals surface area contributed by atoms with E-state index in [1.165, 1.54) is 0 Å². The zero-order valence-electron chi connectivity index (χ0n) is 9.09. The summed E-state index contributed by atoms with van der Waals surface area (Å²) < 4.78 is 5.30. The minimum absolute atomic E-state index is 0.269. The lowest BCUT2D eigenvalue weighted by Gasteiger charge is -2.25. The van der Waals surface area contributed by atoms with Crippen LogP contribution in [0.2, 0.25) is 0 Å². The number of fused-ring (bicyclic) bond motifs is 1. The number of benzene rings is 2. The molecule has 0 bridgehead atoms. The van der Waals surface area contributed by atoms with Crippen molar-refractivity contribution < 1.29 is 9.53 Å². The number of hydrogen-bond acceptors (Lipinski definition) is 3. The first-order valence-electron chi connectivity index (χ1n) is 5.47. The average Bonchev–Trinajstić information content (AvgIpc) is 2.39. The van der Waals surface area contributed by atoms with Crippen LogP contribution in [0.15, 0.2) is 54.6 Å². The Hall–Kier alpha value is -2.29. The summed E-state index contributed by atoms with van der Waals surface area (Å²) in [7, 11) is 0. The predicted molar refractivity (Wildman–Crippen MR) is 64.9 cm³/mol. The molecule has 0 radical (unpaired) electrons. The molecule has 0 amide bonds. The second kappa shape index (κ2) is 3.94. The maximum Gasteiger partial charge on any atom is 0.338 e. The van der Waals surface area contributed by atoms with Gasteiger partial charge in [-0.2, -0.15) is 0 Å². The number of rotatable bonds is 1. The molecule has 0 spiro atoms. The lowest BCUT2D eigenvalue weighted by Crippen LogP contribution is -2.29. The summed E-state index contributed by atoms with van der Waals surface area (Å²) in [5.41, 5.74) is 1.76. The van der Waals surface area contributed by atoms with E-state index in [0.29, 0.717) is 5.75 Å². The minimum Gasteiger partial charge on any atom is -0.423 e. The molecule has 1 aliphatic heterocycles. The highest BCUT2D eigenvalue weighted by Crippen LogP contribution is 2.33. The second-order valence-electron chi connectivity index (χ2n) is 3.91. The number of para-hydroxylation sites is 2. The van der Waals surface area contributed by atoms with Crippen molar-refractivity contribution in [1.29, 1.82) is 0 Å². The molecular formula is C14H11NO2. The van der Waals surface area contributed by atoms with Gasteiger partial charge < -0.3 is 10.1 Å². The van der Waals surface area contributed by atoms with Crippen molar-refractivity contribution in [2.24, 2.45) is 0 Å². The molecule has 0 fully saturated rings. The largest absolute Gasteiger partial charge is 0.423 e. The third-order valence-corrected chi connectivity index (χ3v) is 2.77. The summed E-state index contributed by atoms with van der Waals surface area (Å²) >= 11 is 0. The van der Waals surface area contributed by atoms with Crippen molar-refractivity contribution in [3.8, 4) is 5.75 Å². The lowest BCUT2D eigenvalue weighted by molar-refractivity contribution is -0.136. The molecule has 0 saturated heterocycles. The van der Waals surface area contributed by atoms with Crippen molar-refractivity contribution in [2.45, 2.75) is 6.04 Å². The van der Waals surface area contributed by atoms with Gasteiger partial charge in [0.2, 0.25) is 0 Å². The number of esters is 1. The molecule has 3 heteroatoms. The van der Waals surface area contributed by atoms with Crippen LogP contribution in [-0.2, 0) is 4.79 Å². The van der Waals surface area contributed by atoms with Crippen LogP contribution in [0.1, 0.15) is 11.6 Å². The van der Waals surface area contributed by atoms with Gasteiger partial charge in [0.1, 0.15) is 0 Å². The van der Waals surface area contributed by atoms with Crippen molar-refractivity contribution >= 4 is 11.7 Å². The smallest absolute Gasteiger partial charge is 0.338 e. The zero-order chi connectivity index (χ0) is 11.7. The quantitative estimate of drug-likeness (QED) is 0.599. The molecule has 0 aromatic heterocycles. The van der Waals surface area contributed by atoms with Crippen LogP contribution in [0.3, 0.4) is 0 Å². The molecule has 1 atom stereocenters. The molecule has 84 valence electrons. The molecule has 2 aromatic carbocycles. The molecule has 0 saturated carbocycles. The highest BCUT2D eigenvalue weighted by molar-refractivity contribution is 5.87. The number of ether oxygens (including phenoxy) is 1. The van der Waals surface area contributed by atoms with Gasteiger partial charge in [0, 0.05) is 0 Å². The summed E-state index contributed by atoms with van der Waals surface area (Å²) in [5, 5.41) is 3.19. The average molecular weight is 225 g/mol. The van der Waals surface area contributed by atoms with Crippen molar-refractivity contribution in [1.82, 2.24) is 0 Å². The van der Waals surface area contributed by atoms with Gasteiger partial charge in [-0.1, -0.05) is 42.5 Å². The van der Waals surface area contributed by atoms with Crippen LogP contribution in [0.4, 0.5) is 5.69 Å². The Labute approximate surface area is 99.0 Å². The SMILES string of the molecule is O=C1Oc2ccccc2N[C@H]1c1ccccc1. The number of nitrogens with one attached hydrogen (secondary N) is 1. The zero-order valence-corrected chi connectivity index (χ0v) is 9.09. The summed E-state index contributed by atoms with van der Waals surface area (Å²) in [5.74, 6) is 0.319. The van der Waals surface area contributed by atoms with E-state index in [2.05, 4.69) is 5.32 Å². The third kappa shape index (κ3) is 1.76. The summed E-state index contributed by atoms with van der Waals surface area (Å²) in [6.07, 6.45) is 0. The maximum absolute atomic E-state index is 11.9. The molecule has 0 unspecified atom stereocenters. The van der Waals surface area contributed by atoms with Crippen LogP contribution in [0.5, 0.6) is 5.75 Å². The van der Waals surface area contributed by atoms with Gasteiger partial charge in [-0.05, 0) is 17.7 Å². The minimum atomic E-state index is -0.425. The monoisotopic (exact) mass is 225 g/mol. The molecular weight excluding hydrogens is 214 g/mol. The summed E-state index contributed by atoms with van der Waals surface area (Å²) in [6, 6.07) is 16.6. The fourth-order valence-electron chi connectivity index (χ4n) is 1.92. The fourth-order valence-corrected chi connectivity index (χ4v) is 1.92. The van der Waals surface area contributed by atoms with Crippen LogP contribution in [0, 0.1) is 0 Å². The topological polar surface area (TPSA) is 38.3 Å². The Kier molecular flexibility index (Phi) is 2.29. The van der Waals surface area contributed by atoms with Gasteiger partial charge >= 0.3 is 5.97 Å². The molecule has 3 rings (SSSR count). The van der Waals surface area contributed by atoms with Crippen molar-refractivity contribution in [3.05, 3.63) is 60.2 Å². The van der Waals surface area contributed by atoms with E-state index in [-0.39, 0.29) is 5.97 Å². The molecule has 1 heterocycles. The number of carbonyl (C=O) groups excluding carboxylic acids is 1. The lowest BCUT2D eigenvalue weighted by atomic mass is 10.1. The van der Waals surface area contributed by atoms with Gasteiger partial charge in [0.05, 0.1) is 5.69 Å². The third-order valence-electron chi connectivity index (χ3n) is 2.77. The second-order valence-corrected chi connectivity index (χ2v) is 3.91. The fraction of sp³-hybridized carbons (Fsp3) is 0.0714. The van der Waals surface area contributed by atoms with Crippen LogP contribution in [-0.4, -0.2) is 5.97 Å². The van der Waals surface area contributed by atoms with Gasteiger partial charge in [-0.3, -0.25) is 0 Å². The first-order valence-corrected chi connectivity index (χ1v) is 5.47. The maximum atomic E-state index is 11.9. The Morgan fingerprint density at radius 2 is 1.65 bits per heavy atom. The first-order chi connectivity index (χ1) is 8.34. The molecule has 17 heavy (non-hydrogen) atoms. The molecule has 0 aliphatic carbocycles.